The van der Waals surface area contributed by atoms with Crippen molar-refractivity contribution in [2.24, 2.45) is 5.92 Å². The van der Waals surface area contributed by atoms with Gasteiger partial charge in [-0.3, -0.25) is 14.9 Å². The van der Waals surface area contributed by atoms with E-state index in [0.29, 0.717) is 31.1 Å². The molecule has 2 aromatic heterocycles. The molecule has 0 bridgehead atoms. The molecule has 1 amide bonds. The number of aryl methyl sites for hydroxylation is 1. The van der Waals surface area contributed by atoms with E-state index in [4.69, 9.17) is 14.2 Å². The Bertz CT molecular complexity index is 1340. The number of H-pyrrole nitrogens is 1. The van der Waals surface area contributed by atoms with Gasteiger partial charge in [-0.05, 0) is 60.9 Å². The van der Waals surface area contributed by atoms with Crippen LogP contribution in [0.25, 0.3) is 11.1 Å². The number of nitrogens with zero attached hydrogens (tertiary/aromatic N) is 2. The molecule has 1 atom stereocenters. The molecule has 35 heavy (non-hydrogen) atoms. The van der Waals surface area contributed by atoms with Crippen molar-refractivity contribution in [3.05, 3.63) is 83.9 Å². The molecule has 5 rings (SSSR count). The molecule has 178 valence electrons. The van der Waals surface area contributed by atoms with Gasteiger partial charge in [-0.2, -0.15) is 5.10 Å². The second kappa shape index (κ2) is 9.89. The highest BCUT2D eigenvalue weighted by atomic mass is 16.5. The van der Waals surface area contributed by atoms with Crippen LogP contribution < -0.4 is 19.5 Å². The average Bonchev–Trinajstić information content (AvgIpc) is 3.33. The molecule has 1 aliphatic rings. The number of amides is 1. The smallest absolute Gasteiger partial charge is 0.231 e. The summed E-state index contributed by atoms with van der Waals surface area (Å²) in [6, 6.07) is 15.2. The number of carbonyl (C=O) groups excluding carboxylic acids is 1. The van der Waals surface area contributed by atoms with Crippen LogP contribution in [0.2, 0.25) is 0 Å². The van der Waals surface area contributed by atoms with Gasteiger partial charge in [-0.1, -0.05) is 12.1 Å². The summed E-state index contributed by atoms with van der Waals surface area (Å²) in [7, 11) is 1.62. The van der Waals surface area contributed by atoms with Gasteiger partial charge in [0.25, 0.3) is 0 Å². The quantitative estimate of drug-likeness (QED) is 0.411. The minimum atomic E-state index is -0.337. The highest BCUT2D eigenvalue weighted by Gasteiger charge is 2.27. The summed E-state index contributed by atoms with van der Waals surface area (Å²) in [6.07, 6.45) is 5.82. The fourth-order valence-electron chi connectivity index (χ4n) is 4.10. The third-order valence-corrected chi connectivity index (χ3v) is 6.04. The molecular formula is C27H26N4O4. The number of benzene rings is 2. The van der Waals surface area contributed by atoms with Gasteiger partial charge in [0, 0.05) is 29.2 Å². The fraction of sp³-hybridized carbons (Fsp3) is 0.222. The summed E-state index contributed by atoms with van der Waals surface area (Å²) in [5.74, 6) is 1.63. The van der Waals surface area contributed by atoms with Crippen molar-refractivity contribution in [3.63, 3.8) is 0 Å². The SMILES string of the molecule is COc1ccc2c(c1)C[C@H](C(=O)Nc1ccc(-c3cn[nH]c3C)cc1OCc1cccnc1)CO2. The first-order valence-corrected chi connectivity index (χ1v) is 11.4. The zero-order chi connectivity index (χ0) is 24.2. The standard InChI is InChI=1S/C27H26N4O4/c1-17-23(14-29-31-17)19-5-7-24(26(12-19)34-15-18-4-3-9-28-13-18)30-27(32)21-10-20-11-22(33-2)6-8-25(20)35-16-21/h3-9,11-14,21H,10,15-16H2,1-2H3,(H,29,31)(H,30,32)/t21-/m0/s1. The third-order valence-electron chi connectivity index (χ3n) is 6.04. The number of hydrogen-bond acceptors (Lipinski definition) is 6. The zero-order valence-corrected chi connectivity index (χ0v) is 19.6. The first-order chi connectivity index (χ1) is 17.1. The largest absolute Gasteiger partial charge is 0.497 e. The molecule has 2 N–H and O–H groups in total. The van der Waals surface area contributed by atoms with Gasteiger partial charge in [0.05, 0.1) is 24.9 Å². The number of ether oxygens (including phenoxy) is 3. The monoisotopic (exact) mass is 470 g/mol. The number of pyridine rings is 1. The van der Waals surface area contributed by atoms with Crippen LogP contribution in [0.1, 0.15) is 16.8 Å². The Labute approximate surface area is 203 Å². The number of carbonyl (C=O) groups is 1. The van der Waals surface area contributed by atoms with E-state index in [1.165, 1.54) is 0 Å². The number of fused-ring (bicyclic) bond motifs is 1. The molecule has 8 heteroatoms. The molecule has 0 aliphatic carbocycles. The number of methoxy groups -OCH3 is 1. The molecular weight excluding hydrogens is 444 g/mol. The predicted octanol–water partition coefficient (Wildman–Crippen LogP) is 4.56. The van der Waals surface area contributed by atoms with Crippen LogP contribution in [0, 0.1) is 12.8 Å². The number of rotatable bonds is 7. The number of nitrogens with one attached hydrogen (secondary N) is 2. The van der Waals surface area contributed by atoms with Crippen LogP contribution in [0.5, 0.6) is 17.2 Å². The van der Waals surface area contributed by atoms with Crippen molar-refractivity contribution >= 4 is 11.6 Å². The Hall–Kier alpha value is -4.33. The molecule has 0 unspecified atom stereocenters. The summed E-state index contributed by atoms with van der Waals surface area (Å²) in [4.78, 5) is 17.4. The van der Waals surface area contributed by atoms with Crippen LogP contribution >= 0.6 is 0 Å². The van der Waals surface area contributed by atoms with Crippen molar-refractivity contribution in [2.75, 3.05) is 19.0 Å². The second-order valence-corrected chi connectivity index (χ2v) is 8.44. The van der Waals surface area contributed by atoms with Crippen molar-refractivity contribution in [1.29, 1.82) is 0 Å². The molecule has 8 nitrogen and oxygen atoms in total. The Morgan fingerprint density at radius 3 is 2.89 bits per heavy atom. The lowest BCUT2D eigenvalue weighted by atomic mass is 9.95. The maximum atomic E-state index is 13.2. The maximum Gasteiger partial charge on any atom is 0.231 e. The highest BCUT2D eigenvalue weighted by Crippen LogP contribution is 2.34. The van der Waals surface area contributed by atoms with Gasteiger partial charge in [-0.25, -0.2) is 0 Å². The van der Waals surface area contributed by atoms with Crippen LogP contribution in [-0.4, -0.2) is 34.8 Å². The van der Waals surface area contributed by atoms with E-state index in [-0.39, 0.29) is 11.8 Å². The van der Waals surface area contributed by atoms with Gasteiger partial charge < -0.3 is 19.5 Å². The summed E-state index contributed by atoms with van der Waals surface area (Å²) < 4.78 is 17.3. The van der Waals surface area contributed by atoms with Crippen molar-refractivity contribution in [3.8, 4) is 28.4 Å². The second-order valence-electron chi connectivity index (χ2n) is 8.44. The minimum Gasteiger partial charge on any atom is -0.497 e. The van der Waals surface area contributed by atoms with Crippen LogP contribution in [0.3, 0.4) is 0 Å². The van der Waals surface area contributed by atoms with Gasteiger partial charge in [0.15, 0.2) is 0 Å². The lowest BCUT2D eigenvalue weighted by Gasteiger charge is -2.25. The van der Waals surface area contributed by atoms with E-state index in [1.54, 1.807) is 25.7 Å². The molecule has 3 heterocycles. The van der Waals surface area contributed by atoms with Gasteiger partial charge in [-0.15, -0.1) is 0 Å². The minimum absolute atomic E-state index is 0.128. The Morgan fingerprint density at radius 1 is 1.20 bits per heavy atom. The van der Waals surface area contributed by atoms with Crippen molar-refractivity contribution < 1.29 is 19.0 Å². The van der Waals surface area contributed by atoms with E-state index >= 15 is 0 Å². The van der Waals surface area contributed by atoms with Gasteiger partial charge in [0.2, 0.25) is 5.91 Å². The van der Waals surface area contributed by atoms with Crippen molar-refractivity contribution in [2.45, 2.75) is 20.0 Å². The zero-order valence-electron chi connectivity index (χ0n) is 19.6. The number of hydrogen-bond donors (Lipinski definition) is 2. The summed E-state index contributed by atoms with van der Waals surface area (Å²) >= 11 is 0. The first kappa shape index (κ1) is 22.5. The lowest BCUT2D eigenvalue weighted by Crippen LogP contribution is -2.32. The number of anilines is 1. The van der Waals surface area contributed by atoms with E-state index < -0.39 is 0 Å². The lowest BCUT2D eigenvalue weighted by molar-refractivity contribution is -0.121. The van der Waals surface area contributed by atoms with Gasteiger partial charge in [0.1, 0.15) is 30.5 Å². The third kappa shape index (κ3) is 4.96. The molecule has 4 aromatic rings. The van der Waals surface area contributed by atoms with E-state index in [1.807, 2.05) is 55.5 Å². The highest BCUT2D eigenvalue weighted by molar-refractivity contribution is 5.95. The molecule has 0 saturated heterocycles. The molecule has 0 saturated carbocycles. The number of aromatic nitrogens is 3. The van der Waals surface area contributed by atoms with E-state index in [9.17, 15) is 4.79 Å². The molecule has 2 aromatic carbocycles. The molecule has 0 fully saturated rings. The Balaban J connectivity index is 1.37. The molecule has 0 radical (unpaired) electrons. The van der Waals surface area contributed by atoms with Crippen LogP contribution in [-0.2, 0) is 17.8 Å². The van der Waals surface area contributed by atoms with E-state index in [0.717, 1.165) is 39.4 Å². The average molecular weight is 471 g/mol. The fourth-order valence-corrected chi connectivity index (χ4v) is 4.10. The summed E-state index contributed by atoms with van der Waals surface area (Å²) in [5.41, 5.74) is 5.35. The van der Waals surface area contributed by atoms with Crippen LogP contribution in [0.4, 0.5) is 5.69 Å². The van der Waals surface area contributed by atoms with Crippen molar-refractivity contribution in [1.82, 2.24) is 15.2 Å². The first-order valence-electron chi connectivity index (χ1n) is 11.4. The predicted molar refractivity (Wildman–Crippen MR) is 132 cm³/mol. The normalized spacial score (nSPS) is 14.5. The Morgan fingerprint density at radius 2 is 2.11 bits per heavy atom. The summed E-state index contributed by atoms with van der Waals surface area (Å²) in [6.45, 7) is 2.59. The van der Waals surface area contributed by atoms with Crippen LogP contribution in [0.15, 0.2) is 67.1 Å². The Kier molecular flexibility index (Phi) is 6.34. The number of aromatic amines is 1. The maximum absolute atomic E-state index is 13.2. The van der Waals surface area contributed by atoms with Gasteiger partial charge >= 0.3 is 0 Å². The molecule has 1 aliphatic heterocycles. The topological polar surface area (TPSA) is 98.4 Å². The van der Waals surface area contributed by atoms with E-state index in [2.05, 4.69) is 20.5 Å². The summed E-state index contributed by atoms with van der Waals surface area (Å²) in [5, 5.41) is 10.1. The molecule has 0 spiro atoms.